The zero-order valence-electron chi connectivity index (χ0n) is 12.7. The van der Waals surface area contributed by atoms with Gasteiger partial charge < -0.3 is 5.32 Å². The van der Waals surface area contributed by atoms with Gasteiger partial charge in [0.15, 0.2) is 0 Å². The van der Waals surface area contributed by atoms with Crippen molar-refractivity contribution in [2.24, 2.45) is 0 Å². The van der Waals surface area contributed by atoms with Crippen LogP contribution in [0.1, 0.15) is 13.3 Å². The molecule has 1 aliphatic heterocycles. The predicted molar refractivity (Wildman–Crippen MR) is 85.2 cm³/mol. The summed E-state index contributed by atoms with van der Waals surface area (Å²) in [5, 5.41) is 2.63. The van der Waals surface area contributed by atoms with Gasteiger partial charge in [-0.3, -0.25) is 9.10 Å². The highest BCUT2D eigenvalue weighted by Crippen LogP contribution is 2.36. The number of halogens is 2. The third-order valence-electron chi connectivity index (χ3n) is 3.73. The first-order valence-electron chi connectivity index (χ1n) is 7.19. The third-order valence-corrected chi connectivity index (χ3v) is 5.69. The van der Waals surface area contributed by atoms with E-state index in [1.807, 2.05) is 0 Å². The van der Waals surface area contributed by atoms with Crippen molar-refractivity contribution in [3.05, 3.63) is 54.1 Å². The van der Waals surface area contributed by atoms with Crippen LogP contribution in [0, 0.1) is 11.6 Å². The quantitative estimate of drug-likeness (QED) is 0.904. The Balaban J connectivity index is 2.20. The molecule has 3 rings (SSSR count). The molecule has 0 spiro atoms. The van der Waals surface area contributed by atoms with Crippen LogP contribution >= 0.6 is 0 Å². The molecule has 8 heteroatoms. The SMILES string of the molecule is C[C@@H]1CC(=O)Nc2ccccc2N1S(=O)(=O)c1ccc(F)cc1F. The average molecular weight is 352 g/mol. The molecule has 2 aromatic rings. The van der Waals surface area contributed by atoms with Crippen LogP contribution in [0.25, 0.3) is 0 Å². The number of anilines is 2. The lowest BCUT2D eigenvalue weighted by Crippen LogP contribution is -2.39. The normalized spacial score (nSPS) is 17.9. The van der Waals surface area contributed by atoms with Crippen LogP contribution in [0.4, 0.5) is 20.2 Å². The standard InChI is InChI=1S/C16H14F2N2O3S/c1-10-8-16(21)19-13-4-2-3-5-14(13)20(10)24(22,23)15-7-6-11(17)9-12(15)18/h2-7,9-10H,8H2,1H3,(H,19,21)/t10-/m1/s1. The summed E-state index contributed by atoms with van der Waals surface area (Å²) in [5.41, 5.74) is 0.553. The van der Waals surface area contributed by atoms with E-state index in [-0.39, 0.29) is 18.0 Å². The second kappa shape index (κ2) is 5.86. The van der Waals surface area contributed by atoms with Gasteiger partial charge in [-0.25, -0.2) is 17.2 Å². The first-order valence-corrected chi connectivity index (χ1v) is 8.63. The summed E-state index contributed by atoms with van der Waals surface area (Å²) in [6.07, 6.45) is -0.0866. The van der Waals surface area contributed by atoms with Crippen LogP contribution in [0.3, 0.4) is 0 Å². The van der Waals surface area contributed by atoms with Crippen molar-refractivity contribution < 1.29 is 22.0 Å². The van der Waals surface area contributed by atoms with Crippen molar-refractivity contribution in [1.29, 1.82) is 0 Å². The number of hydrogen-bond acceptors (Lipinski definition) is 3. The number of rotatable bonds is 2. The topological polar surface area (TPSA) is 66.5 Å². The average Bonchev–Trinajstić information content (AvgIpc) is 2.61. The highest BCUT2D eigenvalue weighted by molar-refractivity contribution is 7.92. The molecule has 1 N–H and O–H groups in total. The molecule has 2 aromatic carbocycles. The number of nitrogens with zero attached hydrogens (tertiary/aromatic N) is 1. The molecule has 0 bridgehead atoms. The lowest BCUT2D eigenvalue weighted by Gasteiger charge is -2.29. The van der Waals surface area contributed by atoms with Crippen molar-refractivity contribution in [3.63, 3.8) is 0 Å². The Morgan fingerprint density at radius 3 is 2.58 bits per heavy atom. The van der Waals surface area contributed by atoms with Gasteiger partial charge in [-0.2, -0.15) is 0 Å². The molecule has 126 valence electrons. The van der Waals surface area contributed by atoms with Crippen LogP contribution in [0.5, 0.6) is 0 Å². The summed E-state index contributed by atoms with van der Waals surface area (Å²) in [5.74, 6) is -2.39. The number of carbonyl (C=O) groups is 1. The molecule has 0 aliphatic carbocycles. The minimum atomic E-state index is -4.32. The van der Waals surface area contributed by atoms with E-state index < -0.39 is 32.6 Å². The van der Waals surface area contributed by atoms with E-state index >= 15 is 0 Å². The molecule has 1 atom stereocenters. The molecule has 24 heavy (non-hydrogen) atoms. The fourth-order valence-corrected chi connectivity index (χ4v) is 4.44. The number of benzene rings is 2. The van der Waals surface area contributed by atoms with E-state index in [0.717, 1.165) is 16.4 Å². The van der Waals surface area contributed by atoms with Crippen LogP contribution in [-0.4, -0.2) is 20.4 Å². The van der Waals surface area contributed by atoms with Gasteiger partial charge in [-0.1, -0.05) is 12.1 Å². The van der Waals surface area contributed by atoms with E-state index in [1.54, 1.807) is 25.1 Å². The number of fused-ring (bicyclic) bond motifs is 1. The minimum Gasteiger partial charge on any atom is -0.324 e. The number of carbonyl (C=O) groups excluding carboxylic acids is 1. The Labute approximate surface area is 138 Å². The van der Waals surface area contributed by atoms with Gasteiger partial charge in [0.05, 0.1) is 17.4 Å². The van der Waals surface area contributed by atoms with E-state index in [2.05, 4.69) is 5.32 Å². The molecular formula is C16H14F2N2O3S. The Morgan fingerprint density at radius 2 is 1.88 bits per heavy atom. The Hall–Kier alpha value is -2.48. The first kappa shape index (κ1) is 16.4. The number of nitrogens with one attached hydrogen (secondary N) is 1. The Bertz CT molecular complexity index is 915. The maximum Gasteiger partial charge on any atom is 0.267 e. The molecule has 1 amide bonds. The smallest absolute Gasteiger partial charge is 0.267 e. The second-order valence-corrected chi connectivity index (χ2v) is 7.28. The summed E-state index contributed by atoms with van der Waals surface area (Å²) in [7, 11) is -4.32. The molecule has 0 saturated heterocycles. The van der Waals surface area contributed by atoms with Crippen LogP contribution in [0.2, 0.25) is 0 Å². The summed E-state index contributed by atoms with van der Waals surface area (Å²) in [6, 6.07) is 7.91. The number of para-hydroxylation sites is 2. The van der Waals surface area contributed by atoms with E-state index in [4.69, 9.17) is 0 Å². The fourth-order valence-electron chi connectivity index (χ4n) is 2.72. The molecule has 5 nitrogen and oxygen atoms in total. The zero-order chi connectivity index (χ0) is 17.5. The number of sulfonamides is 1. The van der Waals surface area contributed by atoms with Gasteiger partial charge in [0.1, 0.15) is 16.5 Å². The fraction of sp³-hybridized carbons (Fsp3) is 0.188. The molecule has 0 fully saturated rings. The van der Waals surface area contributed by atoms with Crippen LogP contribution in [-0.2, 0) is 14.8 Å². The molecule has 0 saturated carbocycles. The third kappa shape index (κ3) is 2.73. The summed E-state index contributed by atoms with van der Waals surface area (Å²) < 4.78 is 54.1. The van der Waals surface area contributed by atoms with Crippen LogP contribution < -0.4 is 9.62 Å². The predicted octanol–water partition coefficient (Wildman–Crippen LogP) is 2.89. The Morgan fingerprint density at radius 1 is 1.17 bits per heavy atom. The van der Waals surface area contributed by atoms with Crippen molar-refractivity contribution >= 4 is 27.3 Å². The van der Waals surface area contributed by atoms with Crippen molar-refractivity contribution in [3.8, 4) is 0 Å². The monoisotopic (exact) mass is 352 g/mol. The van der Waals surface area contributed by atoms with Crippen LogP contribution in [0.15, 0.2) is 47.4 Å². The highest BCUT2D eigenvalue weighted by atomic mass is 32.2. The Kier molecular flexibility index (Phi) is 4.00. The summed E-state index contributed by atoms with van der Waals surface area (Å²) in [6.45, 7) is 1.56. The maximum atomic E-state index is 14.1. The van der Waals surface area contributed by atoms with Gasteiger partial charge in [0.25, 0.3) is 10.0 Å². The van der Waals surface area contributed by atoms with Gasteiger partial charge in [0, 0.05) is 12.5 Å². The highest BCUT2D eigenvalue weighted by Gasteiger charge is 2.36. The molecule has 1 aliphatic rings. The molecule has 0 radical (unpaired) electrons. The van der Waals surface area contributed by atoms with Gasteiger partial charge >= 0.3 is 0 Å². The van der Waals surface area contributed by atoms with E-state index in [0.29, 0.717) is 11.8 Å². The molecule has 1 heterocycles. The lowest BCUT2D eigenvalue weighted by atomic mass is 10.2. The number of hydrogen-bond donors (Lipinski definition) is 1. The molecule has 0 aromatic heterocycles. The molecule has 0 unspecified atom stereocenters. The second-order valence-electron chi connectivity index (χ2n) is 5.49. The van der Waals surface area contributed by atoms with E-state index in [9.17, 15) is 22.0 Å². The summed E-state index contributed by atoms with van der Waals surface area (Å²) >= 11 is 0. The van der Waals surface area contributed by atoms with Gasteiger partial charge in [-0.15, -0.1) is 0 Å². The first-order chi connectivity index (χ1) is 11.3. The summed E-state index contributed by atoms with van der Waals surface area (Å²) in [4.78, 5) is 11.3. The van der Waals surface area contributed by atoms with Crippen molar-refractivity contribution in [1.82, 2.24) is 0 Å². The lowest BCUT2D eigenvalue weighted by molar-refractivity contribution is -0.116. The maximum absolute atomic E-state index is 14.1. The zero-order valence-corrected chi connectivity index (χ0v) is 13.5. The minimum absolute atomic E-state index is 0.0866. The van der Waals surface area contributed by atoms with Crippen molar-refractivity contribution in [2.45, 2.75) is 24.3 Å². The number of amides is 1. The largest absolute Gasteiger partial charge is 0.324 e. The van der Waals surface area contributed by atoms with Gasteiger partial charge in [0.2, 0.25) is 5.91 Å². The van der Waals surface area contributed by atoms with E-state index in [1.165, 1.54) is 6.07 Å². The van der Waals surface area contributed by atoms with Crippen molar-refractivity contribution in [2.75, 3.05) is 9.62 Å². The molecular weight excluding hydrogens is 338 g/mol. The van der Waals surface area contributed by atoms with Gasteiger partial charge in [-0.05, 0) is 31.2 Å².